The van der Waals surface area contributed by atoms with Gasteiger partial charge in [0.25, 0.3) is 0 Å². The van der Waals surface area contributed by atoms with E-state index in [2.05, 4.69) is 0 Å². The smallest absolute Gasteiger partial charge is 0.344 e. The van der Waals surface area contributed by atoms with Gasteiger partial charge in [0.15, 0.2) is 6.10 Å². The first kappa shape index (κ1) is 12.9. The standard InChI is InChI=1S/C12H16O3S/c1-3-6-10(12(13)14)15-9-7-4-5-8-11(9)16-2/h4-5,7-8,10H,3,6H2,1-2H3,(H,13,14). The molecule has 0 aliphatic heterocycles. The van der Waals surface area contributed by atoms with E-state index in [4.69, 9.17) is 9.84 Å². The van der Waals surface area contributed by atoms with Crippen molar-refractivity contribution in [3.63, 3.8) is 0 Å². The van der Waals surface area contributed by atoms with Crippen LogP contribution in [-0.2, 0) is 4.79 Å². The SMILES string of the molecule is CCCC(Oc1ccccc1SC)C(=O)O. The first-order valence-corrected chi connectivity index (χ1v) is 6.44. The summed E-state index contributed by atoms with van der Waals surface area (Å²) in [5.41, 5.74) is 0. The Balaban J connectivity index is 2.80. The van der Waals surface area contributed by atoms with Gasteiger partial charge < -0.3 is 9.84 Å². The predicted octanol–water partition coefficient (Wildman–Crippen LogP) is 3.04. The third kappa shape index (κ3) is 3.45. The Labute approximate surface area is 99.8 Å². The first-order valence-electron chi connectivity index (χ1n) is 5.21. The summed E-state index contributed by atoms with van der Waals surface area (Å²) >= 11 is 1.55. The molecule has 0 aliphatic rings. The molecule has 3 nitrogen and oxygen atoms in total. The first-order chi connectivity index (χ1) is 7.69. The summed E-state index contributed by atoms with van der Waals surface area (Å²) in [4.78, 5) is 11.9. The van der Waals surface area contributed by atoms with Crippen molar-refractivity contribution in [2.24, 2.45) is 0 Å². The maximum absolute atomic E-state index is 11.0. The highest BCUT2D eigenvalue weighted by molar-refractivity contribution is 7.98. The van der Waals surface area contributed by atoms with E-state index in [1.165, 1.54) is 0 Å². The van der Waals surface area contributed by atoms with Crippen LogP contribution in [0.5, 0.6) is 5.75 Å². The molecule has 0 radical (unpaired) electrons. The van der Waals surface area contributed by atoms with Gasteiger partial charge in [-0.3, -0.25) is 0 Å². The summed E-state index contributed by atoms with van der Waals surface area (Å²) in [6.07, 6.45) is 2.51. The molecule has 1 aromatic rings. The summed E-state index contributed by atoms with van der Waals surface area (Å²) in [6, 6.07) is 7.48. The van der Waals surface area contributed by atoms with Gasteiger partial charge in [0.05, 0.1) is 0 Å². The number of para-hydroxylation sites is 1. The summed E-state index contributed by atoms with van der Waals surface area (Å²) < 4.78 is 5.52. The zero-order valence-corrected chi connectivity index (χ0v) is 10.3. The molecular formula is C12H16O3S. The van der Waals surface area contributed by atoms with E-state index in [0.717, 1.165) is 11.3 Å². The predicted molar refractivity (Wildman–Crippen MR) is 65.2 cm³/mol. The maximum Gasteiger partial charge on any atom is 0.344 e. The van der Waals surface area contributed by atoms with E-state index < -0.39 is 12.1 Å². The molecule has 0 amide bonds. The van der Waals surface area contributed by atoms with Crippen molar-refractivity contribution in [1.82, 2.24) is 0 Å². The van der Waals surface area contributed by atoms with Crippen LogP contribution in [0.4, 0.5) is 0 Å². The Hall–Kier alpha value is -1.16. The number of carbonyl (C=O) groups is 1. The van der Waals surface area contributed by atoms with Crippen LogP contribution < -0.4 is 4.74 Å². The Bertz CT molecular complexity index is 352. The Morgan fingerprint density at radius 3 is 2.75 bits per heavy atom. The molecule has 0 fully saturated rings. The van der Waals surface area contributed by atoms with Crippen LogP contribution in [-0.4, -0.2) is 23.4 Å². The van der Waals surface area contributed by atoms with Crippen LogP contribution in [0.15, 0.2) is 29.2 Å². The van der Waals surface area contributed by atoms with Gasteiger partial charge in [-0.15, -0.1) is 11.8 Å². The lowest BCUT2D eigenvalue weighted by molar-refractivity contribution is -0.145. The second kappa shape index (κ2) is 6.43. The molecule has 0 spiro atoms. The highest BCUT2D eigenvalue weighted by Crippen LogP contribution is 2.28. The van der Waals surface area contributed by atoms with E-state index in [0.29, 0.717) is 12.2 Å². The fraction of sp³-hybridized carbons (Fsp3) is 0.417. The quantitative estimate of drug-likeness (QED) is 0.776. The van der Waals surface area contributed by atoms with Gasteiger partial charge in [-0.2, -0.15) is 0 Å². The molecule has 0 aromatic heterocycles. The highest BCUT2D eigenvalue weighted by Gasteiger charge is 2.19. The van der Waals surface area contributed by atoms with Crippen LogP contribution in [0.1, 0.15) is 19.8 Å². The van der Waals surface area contributed by atoms with E-state index in [9.17, 15) is 4.79 Å². The second-order valence-corrected chi connectivity index (χ2v) is 4.23. The lowest BCUT2D eigenvalue weighted by Crippen LogP contribution is -2.26. The van der Waals surface area contributed by atoms with E-state index in [-0.39, 0.29) is 0 Å². The molecule has 88 valence electrons. The van der Waals surface area contributed by atoms with Gasteiger partial charge in [-0.25, -0.2) is 4.79 Å². The van der Waals surface area contributed by atoms with Crippen molar-refractivity contribution in [2.45, 2.75) is 30.8 Å². The minimum Gasteiger partial charge on any atom is -0.479 e. The molecule has 1 aromatic carbocycles. The molecule has 0 heterocycles. The number of carboxylic acids is 1. The molecule has 1 N–H and O–H groups in total. The monoisotopic (exact) mass is 240 g/mol. The van der Waals surface area contributed by atoms with Crippen molar-refractivity contribution in [1.29, 1.82) is 0 Å². The fourth-order valence-electron chi connectivity index (χ4n) is 1.36. The average molecular weight is 240 g/mol. The number of aliphatic carboxylic acids is 1. The van der Waals surface area contributed by atoms with Gasteiger partial charge in [0, 0.05) is 4.90 Å². The zero-order valence-electron chi connectivity index (χ0n) is 9.47. The molecule has 4 heteroatoms. The fourth-order valence-corrected chi connectivity index (χ4v) is 1.90. The highest BCUT2D eigenvalue weighted by atomic mass is 32.2. The van der Waals surface area contributed by atoms with Crippen LogP contribution >= 0.6 is 11.8 Å². The summed E-state index contributed by atoms with van der Waals surface area (Å²) in [6.45, 7) is 1.94. The number of hydrogen-bond acceptors (Lipinski definition) is 3. The van der Waals surface area contributed by atoms with E-state index in [1.807, 2.05) is 31.4 Å². The van der Waals surface area contributed by atoms with Crippen molar-refractivity contribution >= 4 is 17.7 Å². The molecule has 1 rings (SSSR count). The molecule has 1 atom stereocenters. The number of rotatable bonds is 6. The molecule has 0 saturated heterocycles. The summed E-state index contributed by atoms with van der Waals surface area (Å²) in [5.74, 6) is -0.256. The minimum atomic E-state index is -0.905. The van der Waals surface area contributed by atoms with Crippen LogP contribution in [0.3, 0.4) is 0 Å². The van der Waals surface area contributed by atoms with Gasteiger partial charge in [0.2, 0.25) is 0 Å². The van der Waals surface area contributed by atoms with Crippen molar-refractivity contribution in [2.75, 3.05) is 6.26 Å². The maximum atomic E-state index is 11.0. The molecular weight excluding hydrogens is 224 g/mol. The Kier molecular flexibility index (Phi) is 5.19. The largest absolute Gasteiger partial charge is 0.479 e. The zero-order chi connectivity index (χ0) is 12.0. The lowest BCUT2D eigenvalue weighted by Gasteiger charge is -2.16. The summed E-state index contributed by atoms with van der Waals surface area (Å²) in [7, 11) is 0. The molecule has 0 bridgehead atoms. The number of carboxylic acid groups (broad SMARTS) is 1. The van der Waals surface area contributed by atoms with Gasteiger partial charge in [-0.05, 0) is 24.8 Å². The minimum absolute atomic E-state index is 0.526. The van der Waals surface area contributed by atoms with Gasteiger partial charge in [-0.1, -0.05) is 25.5 Å². The van der Waals surface area contributed by atoms with Crippen LogP contribution in [0.2, 0.25) is 0 Å². The van der Waals surface area contributed by atoms with Crippen LogP contribution in [0, 0.1) is 0 Å². The van der Waals surface area contributed by atoms with E-state index in [1.54, 1.807) is 17.8 Å². The normalized spacial score (nSPS) is 12.1. The Morgan fingerprint density at radius 2 is 2.19 bits per heavy atom. The van der Waals surface area contributed by atoms with E-state index >= 15 is 0 Å². The Morgan fingerprint density at radius 1 is 1.50 bits per heavy atom. The van der Waals surface area contributed by atoms with Gasteiger partial charge in [0.1, 0.15) is 5.75 Å². The number of hydrogen-bond donors (Lipinski definition) is 1. The average Bonchev–Trinajstić information content (AvgIpc) is 2.29. The number of benzene rings is 1. The van der Waals surface area contributed by atoms with Crippen molar-refractivity contribution < 1.29 is 14.6 Å². The molecule has 0 aliphatic carbocycles. The third-order valence-electron chi connectivity index (χ3n) is 2.16. The third-order valence-corrected chi connectivity index (χ3v) is 2.94. The lowest BCUT2D eigenvalue weighted by atomic mass is 10.2. The van der Waals surface area contributed by atoms with Crippen molar-refractivity contribution in [3.8, 4) is 5.75 Å². The molecule has 1 unspecified atom stereocenters. The van der Waals surface area contributed by atoms with Gasteiger partial charge >= 0.3 is 5.97 Å². The molecule has 16 heavy (non-hydrogen) atoms. The number of ether oxygens (including phenoxy) is 1. The van der Waals surface area contributed by atoms with Crippen molar-refractivity contribution in [3.05, 3.63) is 24.3 Å². The van der Waals surface area contributed by atoms with Crippen LogP contribution in [0.25, 0.3) is 0 Å². The number of thioether (sulfide) groups is 1. The molecule has 0 saturated carbocycles. The second-order valence-electron chi connectivity index (χ2n) is 3.38. The summed E-state index contributed by atoms with van der Waals surface area (Å²) in [5, 5.41) is 9.00. The topological polar surface area (TPSA) is 46.5 Å².